The molecule has 1 aromatic rings. The Balaban J connectivity index is 2.40. The molecule has 1 aliphatic carbocycles. The lowest BCUT2D eigenvalue weighted by atomic mass is 10.3. The van der Waals surface area contributed by atoms with Crippen molar-refractivity contribution < 1.29 is 0 Å². The highest BCUT2D eigenvalue weighted by Gasteiger charge is 2.28. The predicted molar refractivity (Wildman–Crippen MR) is 43.5 cm³/mol. The molecule has 0 aromatic carbocycles. The van der Waals surface area contributed by atoms with Crippen LogP contribution in [0.15, 0.2) is 0 Å². The maximum absolute atomic E-state index is 5.87. The SMILES string of the molecule is Nc1nsc(C2CC2)c1Cl. The van der Waals surface area contributed by atoms with E-state index in [1.165, 1.54) is 29.3 Å². The Labute approximate surface area is 68.2 Å². The van der Waals surface area contributed by atoms with Crippen LogP contribution in [0.4, 0.5) is 5.82 Å². The van der Waals surface area contributed by atoms with Crippen molar-refractivity contribution in [3.63, 3.8) is 0 Å². The fourth-order valence-electron chi connectivity index (χ4n) is 0.904. The summed E-state index contributed by atoms with van der Waals surface area (Å²) in [5, 5.41) is 0.688. The van der Waals surface area contributed by atoms with Crippen LogP contribution in [0.1, 0.15) is 23.6 Å². The van der Waals surface area contributed by atoms with Crippen molar-refractivity contribution in [2.75, 3.05) is 5.73 Å². The summed E-state index contributed by atoms with van der Waals surface area (Å²) in [4.78, 5) is 1.18. The highest BCUT2D eigenvalue weighted by Crippen LogP contribution is 2.46. The molecule has 0 saturated heterocycles. The minimum absolute atomic E-state index is 0.494. The van der Waals surface area contributed by atoms with Crippen molar-refractivity contribution in [1.82, 2.24) is 4.37 Å². The van der Waals surface area contributed by atoms with Crippen LogP contribution in [-0.2, 0) is 0 Å². The van der Waals surface area contributed by atoms with Gasteiger partial charge in [0, 0.05) is 4.88 Å². The monoisotopic (exact) mass is 174 g/mol. The van der Waals surface area contributed by atoms with Gasteiger partial charge < -0.3 is 5.73 Å². The molecule has 2 nitrogen and oxygen atoms in total. The molecule has 1 heterocycles. The Kier molecular flexibility index (Phi) is 1.35. The van der Waals surface area contributed by atoms with Gasteiger partial charge in [-0.2, -0.15) is 4.37 Å². The highest BCUT2D eigenvalue weighted by atomic mass is 35.5. The van der Waals surface area contributed by atoms with Crippen molar-refractivity contribution in [3.8, 4) is 0 Å². The van der Waals surface area contributed by atoms with Gasteiger partial charge in [-0.3, -0.25) is 0 Å². The molecule has 1 aromatic heterocycles. The summed E-state index contributed by atoms with van der Waals surface area (Å²) in [5.74, 6) is 1.16. The number of nitrogen functional groups attached to an aromatic ring is 1. The van der Waals surface area contributed by atoms with E-state index in [2.05, 4.69) is 4.37 Å². The van der Waals surface area contributed by atoms with Gasteiger partial charge in [0.25, 0.3) is 0 Å². The summed E-state index contributed by atoms with van der Waals surface area (Å²) in [6, 6.07) is 0. The van der Waals surface area contributed by atoms with Crippen LogP contribution in [0, 0.1) is 0 Å². The van der Waals surface area contributed by atoms with E-state index in [1.54, 1.807) is 0 Å². The van der Waals surface area contributed by atoms with Gasteiger partial charge in [-0.1, -0.05) is 11.6 Å². The van der Waals surface area contributed by atoms with Gasteiger partial charge in [-0.05, 0) is 30.3 Å². The fourth-order valence-corrected chi connectivity index (χ4v) is 2.11. The van der Waals surface area contributed by atoms with Crippen LogP contribution in [0.25, 0.3) is 0 Å². The Hall–Kier alpha value is -0.280. The zero-order valence-corrected chi connectivity index (χ0v) is 6.87. The van der Waals surface area contributed by atoms with E-state index in [9.17, 15) is 0 Å². The number of hydrogen-bond acceptors (Lipinski definition) is 3. The first kappa shape index (κ1) is 6.43. The van der Waals surface area contributed by atoms with Crippen molar-refractivity contribution >= 4 is 29.0 Å². The molecular weight excluding hydrogens is 168 g/mol. The van der Waals surface area contributed by atoms with E-state index in [4.69, 9.17) is 17.3 Å². The van der Waals surface area contributed by atoms with E-state index < -0.39 is 0 Å². The first-order chi connectivity index (χ1) is 4.79. The molecule has 0 amide bonds. The Bertz CT molecular complexity index is 254. The van der Waals surface area contributed by atoms with Crippen molar-refractivity contribution in [3.05, 3.63) is 9.90 Å². The summed E-state index contributed by atoms with van der Waals surface area (Å²) in [5.41, 5.74) is 5.47. The fraction of sp³-hybridized carbons (Fsp3) is 0.500. The minimum atomic E-state index is 0.494. The van der Waals surface area contributed by atoms with Crippen molar-refractivity contribution in [2.24, 2.45) is 0 Å². The Morgan fingerprint density at radius 3 is 2.70 bits per heavy atom. The van der Waals surface area contributed by atoms with E-state index in [0.717, 1.165) is 0 Å². The zero-order valence-electron chi connectivity index (χ0n) is 5.30. The lowest BCUT2D eigenvalue weighted by molar-refractivity contribution is 1.18. The molecule has 0 aliphatic heterocycles. The van der Waals surface area contributed by atoms with Gasteiger partial charge in [0.2, 0.25) is 0 Å². The number of nitrogens with zero attached hydrogens (tertiary/aromatic N) is 1. The smallest absolute Gasteiger partial charge is 0.156 e. The van der Waals surface area contributed by atoms with Crippen LogP contribution in [0.3, 0.4) is 0 Å². The van der Waals surface area contributed by atoms with Gasteiger partial charge in [0.15, 0.2) is 5.82 Å². The van der Waals surface area contributed by atoms with E-state index in [-0.39, 0.29) is 0 Å². The van der Waals surface area contributed by atoms with Gasteiger partial charge in [-0.25, -0.2) is 0 Å². The molecule has 10 heavy (non-hydrogen) atoms. The molecule has 1 fully saturated rings. The van der Waals surface area contributed by atoms with Crippen LogP contribution in [0.2, 0.25) is 5.02 Å². The Morgan fingerprint density at radius 1 is 1.60 bits per heavy atom. The van der Waals surface area contributed by atoms with Gasteiger partial charge in [0.1, 0.15) is 0 Å². The quantitative estimate of drug-likeness (QED) is 0.710. The van der Waals surface area contributed by atoms with Crippen LogP contribution < -0.4 is 5.73 Å². The van der Waals surface area contributed by atoms with Crippen molar-refractivity contribution in [1.29, 1.82) is 0 Å². The summed E-state index contributed by atoms with van der Waals surface area (Å²) >= 11 is 7.31. The summed E-state index contributed by atoms with van der Waals surface area (Å²) < 4.78 is 3.96. The molecule has 0 radical (unpaired) electrons. The average molecular weight is 175 g/mol. The van der Waals surface area contributed by atoms with Gasteiger partial charge in [0.05, 0.1) is 5.02 Å². The molecule has 2 N–H and O–H groups in total. The second-order valence-corrected chi connectivity index (χ2v) is 3.70. The zero-order chi connectivity index (χ0) is 7.14. The maximum Gasteiger partial charge on any atom is 0.156 e. The standard InChI is InChI=1S/C6H7ClN2S/c7-4-5(3-1-2-3)10-9-6(4)8/h3H,1-2H2,(H2,8,9). The molecule has 0 atom stereocenters. The largest absolute Gasteiger partial charge is 0.382 e. The number of nitrogens with two attached hydrogens (primary N) is 1. The second kappa shape index (κ2) is 2.10. The third-order valence-electron chi connectivity index (χ3n) is 1.63. The third-order valence-corrected chi connectivity index (χ3v) is 3.16. The van der Waals surface area contributed by atoms with Crippen molar-refractivity contribution in [2.45, 2.75) is 18.8 Å². The molecule has 54 valence electrons. The van der Waals surface area contributed by atoms with Crippen LogP contribution in [-0.4, -0.2) is 4.37 Å². The van der Waals surface area contributed by atoms with Gasteiger partial charge >= 0.3 is 0 Å². The topological polar surface area (TPSA) is 38.9 Å². The second-order valence-electron chi connectivity index (χ2n) is 2.52. The Morgan fingerprint density at radius 2 is 2.30 bits per heavy atom. The van der Waals surface area contributed by atoms with E-state index in [1.807, 2.05) is 0 Å². The minimum Gasteiger partial charge on any atom is -0.382 e. The number of anilines is 1. The lowest BCUT2D eigenvalue weighted by Gasteiger charge is -1.88. The molecule has 0 unspecified atom stereocenters. The maximum atomic E-state index is 5.87. The molecule has 0 bridgehead atoms. The molecule has 0 spiro atoms. The normalized spacial score (nSPS) is 17.7. The highest BCUT2D eigenvalue weighted by molar-refractivity contribution is 7.07. The number of halogens is 1. The lowest BCUT2D eigenvalue weighted by Crippen LogP contribution is -1.83. The molecular formula is C6H7ClN2S. The van der Waals surface area contributed by atoms with Crippen LogP contribution >= 0.6 is 23.1 Å². The number of rotatable bonds is 1. The van der Waals surface area contributed by atoms with Gasteiger partial charge in [-0.15, -0.1) is 0 Å². The van der Waals surface area contributed by atoms with Crippen LogP contribution in [0.5, 0.6) is 0 Å². The summed E-state index contributed by atoms with van der Waals surface area (Å²) in [7, 11) is 0. The van der Waals surface area contributed by atoms with E-state index in [0.29, 0.717) is 16.8 Å². The molecule has 1 aliphatic rings. The van der Waals surface area contributed by atoms with E-state index >= 15 is 0 Å². The molecule has 4 heteroatoms. The molecule has 1 saturated carbocycles. The molecule has 2 rings (SSSR count). The summed E-state index contributed by atoms with van der Waals surface area (Å²) in [6.45, 7) is 0. The number of hydrogen-bond donors (Lipinski definition) is 1. The summed E-state index contributed by atoms with van der Waals surface area (Å²) in [6.07, 6.45) is 2.50. The number of aromatic nitrogens is 1. The first-order valence-corrected chi connectivity index (χ1v) is 4.34. The third kappa shape index (κ3) is 0.896. The first-order valence-electron chi connectivity index (χ1n) is 3.19. The predicted octanol–water partition coefficient (Wildman–Crippen LogP) is 2.26. The average Bonchev–Trinajstić information content (AvgIpc) is 2.67.